The van der Waals surface area contributed by atoms with E-state index < -0.39 is 0 Å². The molecule has 5 rings (SSSR count). The number of halogens is 1. The number of benzene rings is 2. The molecule has 2 aliphatic rings. The molecule has 3 aromatic rings. The lowest BCUT2D eigenvalue weighted by molar-refractivity contribution is 0.195. The van der Waals surface area contributed by atoms with Gasteiger partial charge in [-0.15, -0.1) is 0 Å². The molecule has 0 radical (unpaired) electrons. The highest BCUT2D eigenvalue weighted by Gasteiger charge is 2.25. The lowest BCUT2D eigenvalue weighted by Gasteiger charge is -2.31. The van der Waals surface area contributed by atoms with Crippen LogP contribution in [-0.2, 0) is 13.0 Å². The van der Waals surface area contributed by atoms with Crippen LogP contribution in [0.15, 0.2) is 59.3 Å². The molecule has 1 atom stereocenters. The van der Waals surface area contributed by atoms with E-state index in [2.05, 4.69) is 79.3 Å². The number of nitrogens with one attached hydrogen (secondary N) is 1. The highest BCUT2D eigenvalue weighted by Crippen LogP contribution is 2.29. The smallest absolute Gasteiger partial charge is 0.317 e. The van der Waals surface area contributed by atoms with Gasteiger partial charge in [0.15, 0.2) is 0 Å². The van der Waals surface area contributed by atoms with Gasteiger partial charge in [0, 0.05) is 32.1 Å². The summed E-state index contributed by atoms with van der Waals surface area (Å²) in [5.41, 5.74) is 2.61. The molecule has 29 heavy (non-hydrogen) atoms. The first-order chi connectivity index (χ1) is 14.2. The summed E-state index contributed by atoms with van der Waals surface area (Å²) >= 11 is 3.54. The molecule has 0 saturated carbocycles. The Balaban J connectivity index is 1.26. The summed E-state index contributed by atoms with van der Waals surface area (Å²) in [5.74, 6) is 1.09. The molecule has 0 spiro atoms. The number of aromatic nitrogens is 2. The number of urea groups is 1. The first-order valence-corrected chi connectivity index (χ1v) is 10.9. The molecule has 2 aromatic carbocycles. The van der Waals surface area contributed by atoms with Crippen LogP contribution in [0.25, 0.3) is 16.3 Å². The van der Waals surface area contributed by atoms with Crippen LogP contribution in [0.2, 0.25) is 0 Å². The number of amides is 2. The van der Waals surface area contributed by atoms with E-state index in [1.807, 2.05) is 11.1 Å². The maximum atomic E-state index is 12.8. The van der Waals surface area contributed by atoms with E-state index in [0.717, 1.165) is 42.8 Å². The minimum absolute atomic E-state index is 0.0305. The third kappa shape index (κ3) is 3.57. The van der Waals surface area contributed by atoms with Crippen LogP contribution in [0.4, 0.5) is 4.79 Å². The van der Waals surface area contributed by atoms with Gasteiger partial charge in [-0.05, 0) is 50.7 Å². The summed E-state index contributed by atoms with van der Waals surface area (Å²) in [5, 5.41) is 5.76. The zero-order valence-corrected chi connectivity index (χ0v) is 17.7. The number of carbonyl (C=O) groups is 1. The molecule has 3 heterocycles. The van der Waals surface area contributed by atoms with E-state index in [0.29, 0.717) is 6.54 Å². The number of fused-ring (bicyclic) bond motifs is 2. The van der Waals surface area contributed by atoms with E-state index in [9.17, 15) is 4.79 Å². The SMILES string of the molecule is O=C(NC1CCc2ncc(Br)n2C1)N1CC=C(c2cccc3ccccc23)CC1. The van der Waals surface area contributed by atoms with Crippen molar-refractivity contribution in [3.63, 3.8) is 0 Å². The Morgan fingerprint density at radius 1 is 1.14 bits per heavy atom. The second-order valence-electron chi connectivity index (χ2n) is 7.74. The highest BCUT2D eigenvalue weighted by atomic mass is 79.9. The molecule has 5 nitrogen and oxygen atoms in total. The van der Waals surface area contributed by atoms with Crippen LogP contribution in [0.3, 0.4) is 0 Å². The van der Waals surface area contributed by atoms with E-state index in [4.69, 9.17) is 0 Å². The van der Waals surface area contributed by atoms with Gasteiger partial charge in [0.05, 0.1) is 6.20 Å². The fraction of sp³-hybridized carbons (Fsp3) is 0.304. The molecule has 148 valence electrons. The maximum absolute atomic E-state index is 12.8. The van der Waals surface area contributed by atoms with Crippen molar-refractivity contribution in [2.75, 3.05) is 13.1 Å². The third-order valence-corrected chi connectivity index (χ3v) is 6.60. The van der Waals surface area contributed by atoms with Gasteiger partial charge in [0.25, 0.3) is 0 Å². The molecule has 1 N–H and O–H groups in total. The van der Waals surface area contributed by atoms with Crippen LogP contribution >= 0.6 is 15.9 Å². The van der Waals surface area contributed by atoms with E-state index >= 15 is 0 Å². The fourth-order valence-corrected chi connectivity index (χ4v) is 4.84. The monoisotopic (exact) mass is 450 g/mol. The van der Waals surface area contributed by atoms with E-state index in [1.54, 1.807) is 0 Å². The van der Waals surface area contributed by atoms with Crippen molar-refractivity contribution in [3.05, 3.63) is 70.7 Å². The summed E-state index contributed by atoms with van der Waals surface area (Å²) in [7, 11) is 0. The molecule has 0 bridgehead atoms. The zero-order valence-electron chi connectivity index (χ0n) is 16.1. The number of rotatable bonds is 2. The van der Waals surface area contributed by atoms with Crippen molar-refractivity contribution in [2.45, 2.75) is 31.8 Å². The lowest BCUT2D eigenvalue weighted by atomic mass is 9.94. The summed E-state index contributed by atoms with van der Waals surface area (Å²) < 4.78 is 3.12. The van der Waals surface area contributed by atoms with Gasteiger partial charge in [-0.25, -0.2) is 9.78 Å². The number of imidazole rings is 1. The predicted molar refractivity (Wildman–Crippen MR) is 119 cm³/mol. The second-order valence-corrected chi connectivity index (χ2v) is 8.56. The Hall–Kier alpha value is -2.60. The van der Waals surface area contributed by atoms with Crippen molar-refractivity contribution in [1.82, 2.24) is 19.8 Å². The largest absolute Gasteiger partial charge is 0.333 e. The Labute approximate surface area is 178 Å². The van der Waals surface area contributed by atoms with Gasteiger partial charge in [-0.2, -0.15) is 0 Å². The lowest BCUT2D eigenvalue weighted by Crippen LogP contribution is -2.48. The minimum atomic E-state index is 0.0305. The normalized spacial score (nSPS) is 19.0. The molecule has 2 aliphatic heterocycles. The van der Waals surface area contributed by atoms with Crippen molar-refractivity contribution >= 4 is 38.3 Å². The summed E-state index contributed by atoms with van der Waals surface area (Å²) in [6, 6.07) is 15.1. The number of nitrogens with zero attached hydrogens (tertiary/aromatic N) is 3. The molecular formula is C23H23BrN4O. The van der Waals surface area contributed by atoms with Gasteiger partial charge in [0.2, 0.25) is 0 Å². The molecular weight excluding hydrogens is 428 g/mol. The van der Waals surface area contributed by atoms with Crippen molar-refractivity contribution < 1.29 is 4.79 Å². The van der Waals surface area contributed by atoms with Gasteiger partial charge in [-0.3, -0.25) is 0 Å². The molecule has 0 fully saturated rings. The maximum Gasteiger partial charge on any atom is 0.317 e. The Kier molecular flexibility index (Phi) is 4.87. The van der Waals surface area contributed by atoms with Crippen LogP contribution in [0.1, 0.15) is 24.2 Å². The molecule has 6 heteroatoms. The van der Waals surface area contributed by atoms with Crippen molar-refractivity contribution in [3.8, 4) is 0 Å². The molecule has 1 aromatic heterocycles. The first-order valence-electron chi connectivity index (χ1n) is 10.1. The van der Waals surface area contributed by atoms with Crippen LogP contribution in [-0.4, -0.2) is 39.6 Å². The average Bonchev–Trinajstić information content (AvgIpc) is 3.14. The van der Waals surface area contributed by atoms with Gasteiger partial charge in [-0.1, -0.05) is 48.5 Å². The highest BCUT2D eigenvalue weighted by molar-refractivity contribution is 9.10. The van der Waals surface area contributed by atoms with Crippen LogP contribution in [0.5, 0.6) is 0 Å². The van der Waals surface area contributed by atoms with Gasteiger partial charge < -0.3 is 14.8 Å². The first kappa shape index (κ1) is 18.4. The molecule has 0 aliphatic carbocycles. The Bertz CT molecular complexity index is 1100. The standard InChI is InChI=1S/C23H23BrN4O/c24-21-14-25-22-9-8-18(15-28(21)22)26-23(29)27-12-10-17(11-13-27)20-7-3-5-16-4-1-2-6-19(16)20/h1-7,10,14,18H,8-9,11-13,15H2,(H,26,29). The number of aryl methyl sites for hydroxylation is 1. The fourth-order valence-electron chi connectivity index (χ4n) is 4.38. The summed E-state index contributed by atoms with van der Waals surface area (Å²) in [6.07, 6.45) is 6.74. The van der Waals surface area contributed by atoms with E-state index in [1.165, 1.54) is 21.9 Å². The van der Waals surface area contributed by atoms with E-state index in [-0.39, 0.29) is 12.1 Å². The minimum Gasteiger partial charge on any atom is -0.333 e. The van der Waals surface area contributed by atoms with Gasteiger partial charge >= 0.3 is 6.03 Å². The number of hydrogen-bond acceptors (Lipinski definition) is 2. The average molecular weight is 451 g/mol. The summed E-state index contributed by atoms with van der Waals surface area (Å²) in [4.78, 5) is 19.1. The molecule has 2 amide bonds. The number of carbonyl (C=O) groups excluding carboxylic acids is 1. The van der Waals surface area contributed by atoms with Crippen molar-refractivity contribution in [1.29, 1.82) is 0 Å². The van der Waals surface area contributed by atoms with Gasteiger partial charge in [0.1, 0.15) is 10.4 Å². The molecule has 0 saturated heterocycles. The van der Waals surface area contributed by atoms with Crippen LogP contribution < -0.4 is 5.32 Å². The Morgan fingerprint density at radius 3 is 2.86 bits per heavy atom. The topological polar surface area (TPSA) is 50.2 Å². The quantitative estimate of drug-likeness (QED) is 0.619. The predicted octanol–water partition coefficient (Wildman–Crippen LogP) is 4.61. The van der Waals surface area contributed by atoms with Crippen LogP contribution in [0, 0.1) is 0 Å². The third-order valence-electron chi connectivity index (χ3n) is 5.97. The summed E-state index contributed by atoms with van der Waals surface area (Å²) in [6.45, 7) is 2.16. The number of hydrogen-bond donors (Lipinski definition) is 1. The molecule has 1 unspecified atom stereocenters. The second kappa shape index (κ2) is 7.67. The van der Waals surface area contributed by atoms with Crippen molar-refractivity contribution in [2.24, 2.45) is 0 Å². The zero-order chi connectivity index (χ0) is 19.8. The Morgan fingerprint density at radius 2 is 2.00 bits per heavy atom.